The van der Waals surface area contributed by atoms with Gasteiger partial charge in [0.15, 0.2) is 6.10 Å². The Morgan fingerprint density at radius 3 is 2.36 bits per heavy atom. The molecule has 0 aromatic heterocycles. The van der Waals surface area contributed by atoms with Gasteiger partial charge in [-0.05, 0) is 70.0 Å². The number of nitrogens with zero attached hydrogens (tertiary/aromatic N) is 3. The molecule has 0 aliphatic carbocycles. The minimum absolute atomic E-state index is 0.0569. The molecule has 1 amide bonds. The number of nitriles is 1. The molecule has 2 heterocycles. The molecular weight excluding hydrogens is 314 g/mol. The number of amides is 1. The first-order valence-corrected chi connectivity index (χ1v) is 9.37. The van der Waals surface area contributed by atoms with Gasteiger partial charge in [-0.1, -0.05) is 6.42 Å². The van der Waals surface area contributed by atoms with Crippen LogP contribution in [0.25, 0.3) is 0 Å². The molecule has 134 valence electrons. The average Bonchev–Trinajstić information content (AvgIpc) is 2.69. The van der Waals surface area contributed by atoms with Gasteiger partial charge in [0, 0.05) is 19.1 Å². The van der Waals surface area contributed by atoms with Gasteiger partial charge < -0.3 is 14.5 Å². The second-order valence-corrected chi connectivity index (χ2v) is 7.05. The molecule has 1 aromatic rings. The molecule has 0 bridgehead atoms. The van der Waals surface area contributed by atoms with Crippen molar-refractivity contribution >= 4 is 5.91 Å². The molecule has 2 fully saturated rings. The molecule has 1 unspecified atom stereocenters. The highest BCUT2D eigenvalue weighted by molar-refractivity contribution is 5.81. The topological polar surface area (TPSA) is 56.6 Å². The van der Waals surface area contributed by atoms with Gasteiger partial charge in [-0.3, -0.25) is 4.79 Å². The number of carbonyl (C=O) groups is 1. The van der Waals surface area contributed by atoms with Gasteiger partial charge in [-0.2, -0.15) is 5.26 Å². The van der Waals surface area contributed by atoms with Crippen molar-refractivity contribution in [2.75, 3.05) is 26.2 Å². The molecule has 0 N–H and O–H groups in total. The lowest BCUT2D eigenvalue weighted by Gasteiger charge is -2.40. The average molecular weight is 341 g/mol. The van der Waals surface area contributed by atoms with Crippen LogP contribution in [0.2, 0.25) is 0 Å². The zero-order chi connectivity index (χ0) is 17.6. The van der Waals surface area contributed by atoms with Crippen LogP contribution in [0.1, 0.15) is 44.6 Å². The van der Waals surface area contributed by atoms with Gasteiger partial charge in [-0.15, -0.1) is 0 Å². The van der Waals surface area contributed by atoms with E-state index >= 15 is 0 Å². The third-order valence-corrected chi connectivity index (χ3v) is 5.33. The summed E-state index contributed by atoms with van der Waals surface area (Å²) in [5.74, 6) is 0.685. The smallest absolute Gasteiger partial charge is 0.263 e. The van der Waals surface area contributed by atoms with Crippen LogP contribution < -0.4 is 4.74 Å². The Morgan fingerprint density at radius 2 is 1.76 bits per heavy atom. The van der Waals surface area contributed by atoms with E-state index < -0.39 is 6.10 Å². The summed E-state index contributed by atoms with van der Waals surface area (Å²) in [4.78, 5) is 17.2. The molecule has 0 spiro atoms. The molecule has 3 rings (SSSR count). The Kier molecular flexibility index (Phi) is 5.93. The maximum Gasteiger partial charge on any atom is 0.263 e. The van der Waals surface area contributed by atoms with E-state index in [1.54, 1.807) is 31.2 Å². The SMILES string of the molecule is CC(Oc1ccc(C#N)cc1)C(=O)N1CCC(N2CCCCC2)CC1. The van der Waals surface area contributed by atoms with Crippen molar-refractivity contribution in [1.29, 1.82) is 5.26 Å². The number of carbonyl (C=O) groups excluding carboxylic acids is 1. The Bertz CT molecular complexity index is 609. The second-order valence-electron chi connectivity index (χ2n) is 7.05. The molecule has 1 aromatic carbocycles. The number of likely N-dealkylation sites (tertiary alicyclic amines) is 2. The largest absolute Gasteiger partial charge is 0.481 e. The van der Waals surface area contributed by atoms with E-state index in [1.165, 1.54) is 32.4 Å². The Labute approximate surface area is 150 Å². The quantitative estimate of drug-likeness (QED) is 0.845. The molecule has 0 radical (unpaired) electrons. The summed E-state index contributed by atoms with van der Waals surface area (Å²) in [5.41, 5.74) is 0.589. The summed E-state index contributed by atoms with van der Waals surface area (Å²) in [7, 11) is 0. The predicted molar refractivity (Wildman–Crippen MR) is 96.3 cm³/mol. The summed E-state index contributed by atoms with van der Waals surface area (Å²) in [6.07, 6.45) is 5.62. The van der Waals surface area contributed by atoms with Gasteiger partial charge in [-0.25, -0.2) is 0 Å². The summed E-state index contributed by atoms with van der Waals surface area (Å²) in [6, 6.07) is 9.61. The number of piperidine rings is 2. The minimum Gasteiger partial charge on any atom is -0.481 e. The molecule has 2 aliphatic rings. The Morgan fingerprint density at radius 1 is 1.12 bits per heavy atom. The van der Waals surface area contributed by atoms with Gasteiger partial charge in [0.25, 0.3) is 5.91 Å². The molecule has 0 saturated carbocycles. The van der Waals surface area contributed by atoms with E-state index in [1.807, 2.05) is 4.90 Å². The third kappa shape index (κ3) is 4.52. The molecule has 2 aliphatic heterocycles. The monoisotopic (exact) mass is 341 g/mol. The van der Waals surface area contributed by atoms with E-state index in [4.69, 9.17) is 10.00 Å². The zero-order valence-electron chi connectivity index (χ0n) is 15.0. The highest BCUT2D eigenvalue weighted by Crippen LogP contribution is 2.22. The Balaban J connectivity index is 1.48. The van der Waals surface area contributed by atoms with E-state index in [-0.39, 0.29) is 5.91 Å². The van der Waals surface area contributed by atoms with Crippen molar-refractivity contribution in [2.45, 2.75) is 51.2 Å². The molecule has 5 nitrogen and oxygen atoms in total. The van der Waals surface area contributed by atoms with Crippen LogP contribution in [0.3, 0.4) is 0 Å². The van der Waals surface area contributed by atoms with E-state index in [2.05, 4.69) is 11.0 Å². The normalized spacial score (nSPS) is 20.7. The molecule has 25 heavy (non-hydrogen) atoms. The highest BCUT2D eigenvalue weighted by Gasteiger charge is 2.30. The fourth-order valence-corrected chi connectivity index (χ4v) is 3.85. The maximum atomic E-state index is 12.6. The van der Waals surface area contributed by atoms with Gasteiger partial charge in [0.1, 0.15) is 5.75 Å². The second kappa shape index (κ2) is 8.35. The van der Waals surface area contributed by atoms with Crippen molar-refractivity contribution in [2.24, 2.45) is 0 Å². The van der Waals surface area contributed by atoms with Crippen LogP contribution >= 0.6 is 0 Å². The van der Waals surface area contributed by atoms with Gasteiger partial charge >= 0.3 is 0 Å². The predicted octanol–water partition coefficient (Wildman–Crippen LogP) is 2.80. The van der Waals surface area contributed by atoms with Crippen molar-refractivity contribution in [3.8, 4) is 11.8 Å². The van der Waals surface area contributed by atoms with Crippen LogP contribution in [0.4, 0.5) is 0 Å². The number of rotatable bonds is 4. The third-order valence-electron chi connectivity index (χ3n) is 5.33. The molecule has 5 heteroatoms. The van der Waals surface area contributed by atoms with Crippen LogP contribution in [0, 0.1) is 11.3 Å². The first kappa shape index (κ1) is 17.8. The fraction of sp³-hybridized carbons (Fsp3) is 0.600. The van der Waals surface area contributed by atoms with E-state index in [0.717, 1.165) is 25.9 Å². The van der Waals surface area contributed by atoms with Gasteiger partial charge in [0.2, 0.25) is 0 Å². The molecule has 1 atom stereocenters. The van der Waals surface area contributed by atoms with Crippen LogP contribution in [0.15, 0.2) is 24.3 Å². The first-order chi connectivity index (χ1) is 12.2. The lowest BCUT2D eigenvalue weighted by molar-refractivity contribution is -0.139. The summed E-state index contributed by atoms with van der Waals surface area (Å²) in [5, 5.41) is 8.83. The lowest BCUT2D eigenvalue weighted by atomic mass is 9.99. The van der Waals surface area contributed by atoms with E-state index in [0.29, 0.717) is 17.4 Å². The minimum atomic E-state index is -0.500. The first-order valence-electron chi connectivity index (χ1n) is 9.37. The highest BCUT2D eigenvalue weighted by atomic mass is 16.5. The summed E-state index contributed by atoms with van der Waals surface area (Å²) in [6.45, 7) is 5.88. The molecular formula is C20H27N3O2. The van der Waals surface area contributed by atoms with Crippen LogP contribution in [-0.4, -0.2) is 54.0 Å². The maximum absolute atomic E-state index is 12.6. The van der Waals surface area contributed by atoms with E-state index in [9.17, 15) is 4.79 Å². The zero-order valence-corrected chi connectivity index (χ0v) is 15.0. The fourth-order valence-electron chi connectivity index (χ4n) is 3.85. The summed E-state index contributed by atoms with van der Waals surface area (Å²) >= 11 is 0. The molecule has 2 saturated heterocycles. The Hall–Kier alpha value is -2.06. The van der Waals surface area contributed by atoms with Crippen molar-refractivity contribution < 1.29 is 9.53 Å². The summed E-state index contributed by atoms with van der Waals surface area (Å²) < 4.78 is 5.76. The van der Waals surface area contributed by atoms with Crippen LogP contribution in [-0.2, 0) is 4.79 Å². The van der Waals surface area contributed by atoms with Crippen molar-refractivity contribution in [3.63, 3.8) is 0 Å². The number of hydrogen-bond acceptors (Lipinski definition) is 4. The van der Waals surface area contributed by atoms with Crippen LogP contribution in [0.5, 0.6) is 5.75 Å². The number of benzene rings is 1. The standard InChI is InChI=1S/C20H27N3O2/c1-16(25-19-7-5-17(15-21)6-8-19)20(24)23-13-9-18(10-14-23)22-11-3-2-4-12-22/h5-8,16,18H,2-4,9-14H2,1H3. The number of ether oxygens (including phenoxy) is 1. The number of hydrogen-bond donors (Lipinski definition) is 0. The lowest BCUT2D eigenvalue weighted by Crippen LogP contribution is -2.50. The van der Waals surface area contributed by atoms with Gasteiger partial charge in [0.05, 0.1) is 11.6 Å². The van der Waals surface area contributed by atoms with Crippen molar-refractivity contribution in [1.82, 2.24) is 9.80 Å². The van der Waals surface area contributed by atoms with Crippen molar-refractivity contribution in [3.05, 3.63) is 29.8 Å².